The molecule has 1 atom stereocenters. The van der Waals surface area contributed by atoms with E-state index in [1.54, 1.807) is 18.3 Å². The molecule has 2 N–H and O–H groups in total. The largest absolute Gasteiger partial charge is 0.381 e. The summed E-state index contributed by atoms with van der Waals surface area (Å²) in [4.78, 5) is 3.88. The van der Waals surface area contributed by atoms with Gasteiger partial charge in [-0.2, -0.15) is 10.2 Å². The normalized spacial score (nSPS) is 13.1. The minimum atomic E-state index is -1.78. The molecule has 2 aromatic heterocycles. The van der Waals surface area contributed by atoms with Gasteiger partial charge >= 0.3 is 0 Å². The summed E-state index contributed by atoms with van der Waals surface area (Å²) in [5.74, 6) is -1.59. The van der Waals surface area contributed by atoms with Crippen LogP contribution in [-0.2, 0) is 25.2 Å². The number of fused-ring (bicyclic) bond motifs is 1. The van der Waals surface area contributed by atoms with Gasteiger partial charge in [0, 0.05) is 45.5 Å². The van der Waals surface area contributed by atoms with Crippen LogP contribution in [0.15, 0.2) is 73.4 Å². The molecule has 0 fully saturated rings. The molecule has 5 rings (SSSR count). The maximum absolute atomic E-state index is 14.7. The van der Waals surface area contributed by atoms with E-state index in [-0.39, 0.29) is 18.7 Å². The van der Waals surface area contributed by atoms with Gasteiger partial charge < -0.3 is 10.4 Å². The minimum Gasteiger partial charge on any atom is -0.381 e. The number of hydrogen-bond donors (Lipinski definition) is 2. The molecule has 0 spiro atoms. The molecule has 1 unspecified atom stereocenters. The molecule has 0 saturated carbocycles. The second kappa shape index (κ2) is 9.85. The Labute approximate surface area is 214 Å². The van der Waals surface area contributed by atoms with Gasteiger partial charge in [-0.3, -0.25) is 4.68 Å². The van der Waals surface area contributed by atoms with Crippen LogP contribution in [0.2, 0.25) is 10.0 Å². The number of benzene rings is 3. The van der Waals surface area contributed by atoms with E-state index in [0.29, 0.717) is 22.1 Å². The molecule has 36 heavy (non-hydrogen) atoms. The topological polar surface area (TPSA) is 80.8 Å². The van der Waals surface area contributed by atoms with E-state index in [2.05, 4.69) is 20.5 Å². The van der Waals surface area contributed by atoms with Gasteiger partial charge in [0.1, 0.15) is 29.9 Å². The molecular weight excluding hydrogens is 509 g/mol. The second-order valence-corrected chi connectivity index (χ2v) is 9.28. The lowest BCUT2D eigenvalue weighted by Gasteiger charge is -2.28. The summed E-state index contributed by atoms with van der Waals surface area (Å²) in [7, 11) is 0. The van der Waals surface area contributed by atoms with Gasteiger partial charge in [0.15, 0.2) is 0 Å². The summed E-state index contributed by atoms with van der Waals surface area (Å²) < 4.78 is 31.2. The molecule has 3 aromatic carbocycles. The highest BCUT2D eigenvalue weighted by molar-refractivity contribution is 6.35. The lowest BCUT2D eigenvalue weighted by molar-refractivity contribution is -0.00828. The molecule has 5 aromatic rings. The minimum absolute atomic E-state index is 0.0684. The average molecular weight is 529 g/mol. The molecule has 0 aliphatic rings. The van der Waals surface area contributed by atoms with Crippen LogP contribution in [-0.4, -0.2) is 29.7 Å². The van der Waals surface area contributed by atoms with Gasteiger partial charge in [-0.05, 0) is 42.0 Å². The molecule has 0 saturated heterocycles. The van der Waals surface area contributed by atoms with E-state index in [1.807, 2.05) is 24.3 Å². The Morgan fingerprint density at radius 3 is 2.56 bits per heavy atom. The molecule has 7 nitrogen and oxygen atoms in total. The van der Waals surface area contributed by atoms with E-state index in [4.69, 9.17) is 23.2 Å². The first kappa shape index (κ1) is 24.2. The van der Waals surface area contributed by atoms with E-state index >= 15 is 0 Å². The van der Waals surface area contributed by atoms with E-state index in [1.165, 1.54) is 28.1 Å². The fraction of sp³-hybridized carbons (Fsp3) is 0.160. The van der Waals surface area contributed by atoms with Crippen molar-refractivity contribution in [3.8, 4) is 0 Å². The van der Waals surface area contributed by atoms with Crippen LogP contribution in [0.3, 0.4) is 0 Å². The van der Waals surface area contributed by atoms with Crippen LogP contribution in [0.1, 0.15) is 11.1 Å². The SMILES string of the molecule is OC(Cn1cncn1)(Cn1cc2cc(NCc3ccc(Cl)cc3Cl)ccc2n1)c1ccc(F)cc1F. The Kier molecular flexibility index (Phi) is 6.61. The van der Waals surface area contributed by atoms with E-state index < -0.39 is 17.2 Å². The third kappa shape index (κ3) is 5.18. The lowest BCUT2D eigenvalue weighted by Crippen LogP contribution is -2.37. The van der Waals surface area contributed by atoms with Crippen molar-refractivity contribution in [1.29, 1.82) is 0 Å². The Balaban J connectivity index is 1.40. The number of anilines is 1. The first-order valence-corrected chi connectivity index (χ1v) is 11.7. The summed E-state index contributed by atoms with van der Waals surface area (Å²) in [6, 6.07) is 14.0. The van der Waals surface area contributed by atoms with Crippen molar-refractivity contribution in [2.75, 3.05) is 5.32 Å². The van der Waals surface area contributed by atoms with Crippen LogP contribution in [0.25, 0.3) is 10.9 Å². The van der Waals surface area contributed by atoms with Crippen molar-refractivity contribution >= 4 is 39.8 Å². The van der Waals surface area contributed by atoms with Gasteiger partial charge in [-0.25, -0.2) is 18.4 Å². The smallest absolute Gasteiger partial charge is 0.137 e. The maximum Gasteiger partial charge on any atom is 0.137 e. The predicted octanol–water partition coefficient (Wildman–Crippen LogP) is 5.41. The number of hydrogen-bond acceptors (Lipinski definition) is 5. The third-order valence-corrected chi connectivity index (χ3v) is 6.38. The fourth-order valence-corrected chi connectivity index (χ4v) is 4.54. The Morgan fingerprint density at radius 1 is 0.972 bits per heavy atom. The van der Waals surface area contributed by atoms with Crippen LogP contribution in [0.5, 0.6) is 0 Å². The van der Waals surface area contributed by atoms with Crippen molar-refractivity contribution in [3.63, 3.8) is 0 Å². The lowest BCUT2D eigenvalue weighted by atomic mass is 9.93. The molecule has 184 valence electrons. The standard InChI is InChI=1S/C25H20Cl2F2N6O/c26-18-2-1-16(22(27)8-18)10-31-20-4-6-24-17(7-20)11-34(33-24)12-25(36,13-35-15-30-14-32-35)21-5-3-19(28)9-23(21)29/h1-9,11,14-15,31,36H,10,12-13H2. The van der Waals surface area contributed by atoms with Crippen molar-refractivity contribution in [3.05, 3.63) is 106 Å². The second-order valence-electron chi connectivity index (χ2n) is 8.44. The number of aromatic nitrogens is 5. The summed E-state index contributed by atoms with van der Waals surface area (Å²) in [5.41, 5.74) is 0.584. The first-order valence-electron chi connectivity index (χ1n) is 10.9. The van der Waals surface area contributed by atoms with Crippen LogP contribution >= 0.6 is 23.2 Å². The zero-order chi connectivity index (χ0) is 25.3. The van der Waals surface area contributed by atoms with Gasteiger partial charge in [0.2, 0.25) is 0 Å². The number of aliphatic hydroxyl groups is 1. The Bertz CT molecular complexity index is 1520. The zero-order valence-corrected chi connectivity index (χ0v) is 20.3. The molecule has 0 aliphatic carbocycles. The summed E-state index contributed by atoms with van der Waals surface area (Å²) in [5, 5.41) is 25.4. The van der Waals surface area contributed by atoms with E-state index in [9.17, 15) is 13.9 Å². The highest BCUT2D eigenvalue weighted by atomic mass is 35.5. The van der Waals surface area contributed by atoms with Crippen LogP contribution < -0.4 is 5.32 Å². The zero-order valence-electron chi connectivity index (χ0n) is 18.7. The maximum atomic E-state index is 14.7. The van der Waals surface area contributed by atoms with Crippen LogP contribution in [0, 0.1) is 11.6 Å². The Hall–Kier alpha value is -3.53. The molecular formula is C25H20Cl2F2N6O. The van der Waals surface area contributed by atoms with E-state index in [0.717, 1.165) is 28.8 Å². The number of nitrogens with zero attached hydrogens (tertiary/aromatic N) is 5. The molecule has 0 aliphatic heterocycles. The Morgan fingerprint density at radius 2 is 1.81 bits per heavy atom. The predicted molar refractivity (Wildman–Crippen MR) is 134 cm³/mol. The quantitative estimate of drug-likeness (QED) is 0.281. The fourth-order valence-electron chi connectivity index (χ4n) is 4.07. The molecule has 0 radical (unpaired) electrons. The van der Waals surface area contributed by atoms with Crippen molar-refractivity contribution < 1.29 is 13.9 Å². The molecule has 2 heterocycles. The van der Waals surface area contributed by atoms with Gasteiger partial charge in [0.25, 0.3) is 0 Å². The third-order valence-electron chi connectivity index (χ3n) is 5.80. The van der Waals surface area contributed by atoms with Crippen molar-refractivity contribution in [2.45, 2.75) is 25.2 Å². The molecule has 11 heteroatoms. The average Bonchev–Trinajstić information content (AvgIpc) is 3.47. The summed E-state index contributed by atoms with van der Waals surface area (Å²) in [6.45, 7) is 0.283. The number of rotatable bonds is 8. The number of nitrogens with one attached hydrogen (secondary N) is 1. The van der Waals surface area contributed by atoms with Crippen molar-refractivity contribution in [2.24, 2.45) is 0 Å². The monoisotopic (exact) mass is 528 g/mol. The van der Waals surface area contributed by atoms with Gasteiger partial charge in [-0.1, -0.05) is 35.3 Å². The van der Waals surface area contributed by atoms with Crippen molar-refractivity contribution in [1.82, 2.24) is 24.5 Å². The summed E-state index contributed by atoms with van der Waals surface area (Å²) >= 11 is 12.2. The highest BCUT2D eigenvalue weighted by Crippen LogP contribution is 2.30. The molecule has 0 amide bonds. The summed E-state index contributed by atoms with van der Waals surface area (Å²) in [6.07, 6.45) is 4.48. The molecule has 0 bridgehead atoms. The first-order chi connectivity index (χ1) is 17.3. The van der Waals surface area contributed by atoms with Crippen LogP contribution in [0.4, 0.5) is 14.5 Å². The van der Waals surface area contributed by atoms with Gasteiger partial charge in [0.05, 0.1) is 18.6 Å². The highest BCUT2D eigenvalue weighted by Gasteiger charge is 2.34. The van der Waals surface area contributed by atoms with Gasteiger partial charge in [-0.15, -0.1) is 0 Å². The number of halogens is 4.